The number of rotatable bonds is 1. The van der Waals surface area contributed by atoms with Gasteiger partial charge in [0.2, 0.25) is 0 Å². The number of carboxylic acid groups (broad SMARTS) is 1. The third-order valence-corrected chi connectivity index (χ3v) is 1.78. The smallest absolute Gasteiger partial charge is 0.331 e. The van der Waals surface area contributed by atoms with Crippen LogP contribution >= 0.6 is 24.8 Å². The molecule has 0 saturated heterocycles. The van der Waals surface area contributed by atoms with E-state index < -0.39 is 5.97 Å². The molecule has 0 saturated carbocycles. The average molecular weight is 235 g/mol. The Bertz CT molecular complexity index is 370. The minimum atomic E-state index is -0.889. The van der Waals surface area contributed by atoms with Gasteiger partial charge in [-0.3, -0.25) is 0 Å². The van der Waals surface area contributed by atoms with Crippen LogP contribution in [-0.4, -0.2) is 23.1 Å². The summed E-state index contributed by atoms with van der Waals surface area (Å²) < 4.78 is 0. The monoisotopic (exact) mass is 234 g/mol. The Morgan fingerprint density at radius 3 is 2.71 bits per heavy atom. The second kappa shape index (κ2) is 4.93. The third-order valence-electron chi connectivity index (χ3n) is 1.78. The highest BCUT2D eigenvalue weighted by atomic mass is 35.5. The maximum Gasteiger partial charge on any atom is 0.331 e. The molecule has 4 nitrogen and oxygen atoms in total. The van der Waals surface area contributed by atoms with Crippen molar-refractivity contribution in [2.75, 3.05) is 0 Å². The Kier molecular flexibility index (Phi) is 4.53. The highest BCUT2D eigenvalue weighted by molar-refractivity contribution is 6.13. The van der Waals surface area contributed by atoms with Crippen LogP contribution in [0.1, 0.15) is 6.42 Å². The molecule has 0 atom stereocenters. The zero-order valence-corrected chi connectivity index (χ0v) is 8.64. The minimum Gasteiger partial charge on any atom is -0.478 e. The van der Waals surface area contributed by atoms with E-state index in [0.29, 0.717) is 12.0 Å². The van der Waals surface area contributed by atoms with Crippen molar-refractivity contribution < 1.29 is 9.90 Å². The number of allylic oxidation sites excluding steroid dienone is 3. The Morgan fingerprint density at radius 1 is 1.36 bits per heavy atom. The topological polar surface area (TPSA) is 62.0 Å². The Labute approximate surface area is 93.0 Å². The SMILES string of the molecule is Cl.Cl.O=C(O)C1=CC=C2N=CN=C2C1. The fourth-order valence-corrected chi connectivity index (χ4v) is 1.14. The molecular weight excluding hydrogens is 227 g/mol. The molecule has 0 bridgehead atoms. The molecule has 0 unspecified atom stereocenters. The predicted octanol–water partition coefficient (Wildman–Crippen LogP) is 1.61. The van der Waals surface area contributed by atoms with E-state index in [-0.39, 0.29) is 24.8 Å². The molecule has 0 aromatic carbocycles. The Hall–Kier alpha value is -1.13. The maximum absolute atomic E-state index is 10.5. The highest BCUT2D eigenvalue weighted by Gasteiger charge is 2.19. The summed E-state index contributed by atoms with van der Waals surface area (Å²) in [4.78, 5) is 18.4. The molecular formula is C8H8Cl2N2O2. The van der Waals surface area contributed by atoms with Crippen molar-refractivity contribution in [3.63, 3.8) is 0 Å². The molecule has 0 spiro atoms. The summed E-state index contributed by atoms with van der Waals surface area (Å²) in [5, 5.41) is 8.66. The quantitative estimate of drug-likeness (QED) is 0.750. The lowest BCUT2D eigenvalue weighted by atomic mass is 10.0. The molecule has 0 amide bonds. The van der Waals surface area contributed by atoms with Crippen molar-refractivity contribution in [3.05, 3.63) is 23.4 Å². The molecule has 1 heterocycles. The first-order chi connectivity index (χ1) is 5.77. The van der Waals surface area contributed by atoms with Crippen LogP contribution in [0, 0.1) is 0 Å². The van der Waals surface area contributed by atoms with E-state index in [1.165, 1.54) is 6.34 Å². The zero-order chi connectivity index (χ0) is 8.55. The van der Waals surface area contributed by atoms with E-state index in [1.807, 2.05) is 0 Å². The normalized spacial score (nSPS) is 16.7. The maximum atomic E-state index is 10.5. The van der Waals surface area contributed by atoms with Gasteiger partial charge >= 0.3 is 5.97 Å². The summed E-state index contributed by atoms with van der Waals surface area (Å²) in [5.41, 5.74) is 1.89. The summed E-state index contributed by atoms with van der Waals surface area (Å²) in [7, 11) is 0. The van der Waals surface area contributed by atoms with Crippen LogP contribution in [0.25, 0.3) is 0 Å². The van der Waals surface area contributed by atoms with E-state index in [0.717, 1.165) is 11.4 Å². The van der Waals surface area contributed by atoms with Gasteiger partial charge in [0.05, 0.1) is 11.4 Å². The van der Waals surface area contributed by atoms with Gasteiger partial charge in [0.15, 0.2) is 0 Å². The lowest BCUT2D eigenvalue weighted by Gasteiger charge is -2.06. The largest absolute Gasteiger partial charge is 0.478 e. The van der Waals surface area contributed by atoms with Crippen molar-refractivity contribution in [3.8, 4) is 0 Å². The van der Waals surface area contributed by atoms with Gasteiger partial charge in [0, 0.05) is 12.0 Å². The lowest BCUT2D eigenvalue weighted by Crippen LogP contribution is -2.10. The first kappa shape index (κ1) is 12.9. The van der Waals surface area contributed by atoms with Gasteiger partial charge in [-0.1, -0.05) is 0 Å². The van der Waals surface area contributed by atoms with Crippen LogP contribution in [0.4, 0.5) is 0 Å². The van der Waals surface area contributed by atoms with E-state index >= 15 is 0 Å². The van der Waals surface area contributed by atoms with Gasteiger partial charge in [0.1, 0.15) is 6.34 Å². The van der Waals surface area contributed by atoms with Crippen LogP contribution < -0.4 is 0 Å². The Morgan fingerprint density at radius 2 is 2.07 bits per heavy atom. The van der Waals surface area contributed by atoms with Crippen LogP contribution in [0.15, 0.2) is 33.4 Å². The molecule has 1 aliphatic carbocycles. The number of hydrogen-bond acceptors (Lipinski definition) is 3. The number of nitrogens with zero attached hydrogens (tertiary/aromatic N) is 2. The van der Waals surface area contributed by atoms with E-state index in [4.69, 9.17) is 5.11 Å². The zero-order valence-electron chi connectivity index (χ0n) is 7.01. The number of carboxylic acids is 1. The average Bonchev–Trinajstić information content (AvgIpc) is 2.49. The molecule has 2 rings (SSSR count). The van der Waals surface area contributed by atoms with Gasteiger partial charge in [-0.2, -0.15) is 0 Å². The van der Waals surface area contributed by atoms with Crippen molar-refractivity contribution in [1.29, 1.82) is 0 Å². The molecule has 1 aliphatic heterocycles. The summed E-state index contributed by atoms with van der Waals surface area (Å²) in [6, 6.07) is 0. The number of hydrogen-bond donors (Lipinski definition) is 1. The number of aliphatic imine (C=N–C) groups is 2. The highest BCUT2D eigenvalue weighted by Crippen LogP contribution is 2.19. The number of fused-ring (bicyclic) bond motifs is 1. The number of halogens is 2. The number of carbonyl (C=O) groups is 1. The molecule has 14 heavy (non-hydrogen) atoms. The van der Waals surface area contributed by atoms with E-state index in [1.54, 1.807) is 12.2 Å². The van der Waals surface area contributed by atoms with Crippen LogP contribution in [0.3, 0.4) is 0 Å². The third kappa shape index (κ3) is 2.21. The molecule has 0 aromatic rings. The van der Waals surface area contributed by atoms with E-state index in [9.17, 15) is 4.79 Å². The molecule has 2 aliphatic rings. The Balaban J connectivity index is 0.000000845. The fourth-order valence-electron chi connectivity index (χ4n) is 1.14. The van der Waals surface area contributed by atoms with Crippen molar-refractivity contribution in [1.82, 2.24) is 0 Å². The fraction of sp³-hybridized carbons (Fsp3) is 0.125. The summed E-state index contributed by atoms with van der Waals surface area (Å²) >= 11 is 0. The minimum absolute atomic E-state index is 0. The molecule has 6 heteroatoms. The van der Waals surface area contributed by atoms with E-state index in [2.05, 4.69) is 9.98 Å². The lowest BCUT2D eigenvalue weighted by molar-refractivity contribution is -0.132. The first-order valence-corrected chi connectivity index (χ1v) is 3.51. The van der Waals surface area contributed by atoms with Crippen molar-refractivity contribution in [2.24, 2.45) is 9.98 Å². The second-order valence-corrected chi connectivity index (χ2v) is 2.55. The van der Waals surface area contributed by atoms with Gasteiger partial charge in [-0.25, -0.2) is 14.8 Å². The predicted molar refractivity (Wildman–Crippen MR) is 58.8 cm³/mol. The van der Waals surface area contributed by atoms with Crippen LogP contribution in [-0.2, 0) is 4.79 Å². The molecule has 0 aromatic heterocycles. The van der Waals surface area contributed by atoms with Crippen LogP contribution in [0.2, 0.25) is 0 Å². The number of aliphatic carboxylic acids is 1. The molecule has 0 fully saturated rings. The van der Waals surface area contributed by atoms with Crippen molar-refractivity contribution in [2.45, 2.75) is 6.42 Å². The van der Waals surface area contributed by atoms with Crippen LogP contribution in [0.5, 0.6) is 0 Å². The molecule has 1 N–H and O–H groups in total. The van der Waals surface area contributed by atoms with Gasteiger partial charge in [0.25, 0.3) is 0 Å². The summed E-state index contributed by atoms with van der Waals surface area (Å²) in [5.74, 6) is -0.889. The first-order valence-electron chi connectivity index (χ1n) is 3.51. The molecule has 76 valence electrons. The van der Waals surface area contributed by atoms with Crippen molar-refractivity contribution >= 4 is 42.8 Å². The van der Waals surface area contributed by atoms with Gasteiger partial charge < -0.3 is 5.11 Å². The second-order valence-electron chi connectivity index (χ2n) is 2.55. The van der Waals surface area contributed by atoms with Gasteiger partial charge in [-0.15, -0.1) is 24.8 Å². The van der Waals surface area contributed by atoms with Gasteiger partial charge in [-0.05, 0) is 12.2 Å². The molecule has 0 radical (unpaired) electrons. The summed E-state index contributed by atoms with van der Waals surface area (Å²) in [6.07, 6.45) is 5.07. The summed E-state index contributed by atoms with van der Waals surface area (Å²) in [6.45, 7) is 0. The standard InChI is InChI=1S/C8H6N2O2.2ClH/c11-8(12)5-1-2-6-7(3-5)10-4-9-6;;/h1-2,4H,3H2,(H,11,12);2*1H.